The fraction of sp³-hybridized carbons (Fsp3) is 0.500. The van der Waals surface area contributed by atoms with Crippen molar-refractivity contribution < 1.29 is 9.18 Å². The van der Waals surface area contributed by atoms with Gasteiger partial charge < -0.3 is 10.6 Å². The van der Waals surface area contributed by atoms with Gasteiger partial charge in [0.1, 0.15) is 0 Å². The number of rotatable bonds is 2. The Morgan fingerprint density at radius 2 is 2.47 bits per heavy atom. The van der Waals surface area contributed by atoms with Crippen LogP contribution in [0.4, 0.5) is 4.39 Å². The van der Waals surface area contributed by atoms with E-state index in [1.54, 1.807) is 4.90 Å². The minimum Gasteiger partial charge on any atom is -0.338 e. The van der Waals surface area contributed by atoms with E-state index in [1.807, 2.05) is 0 Å². The Morgan fingerprint density at radius 1 is 1.65 bits per heavy atom. The Kier molecular flexibility index (Phi) is 3.68. The Morgan fingerprint density at radius 3 is 3.18 bits per heavy atom. The molecule has 1 atom stereocenters. The van der Waals surface area contributed by atoms with Crippen molar-refractivity contribution in [3.8, 4) is 0 Å². The van der Waals surface area contributed by atoms with Crippen LogP contribution < -0.4 is 5.73 Å². The van der Waals surface area contributed by atoms with Gasteiger partial charge in [-0.2, -0.15) is 0 Å². The second-order valence-electron chi connectivity index (χ2n) is 4.35. The summed E-state index contributed by atoms with van der Waals surface area (Å²) in [4.78, 5) is 17.4. The van der Waals surface area contributed by atoms with Gasteiger partial charge in [-0.1, -0.05) is 0 Å². The van der Waals surface area contributed by atoms with Gasteiger partial charge in [-0.15, -0.1) is 0 Å². The monoisotopic (exact) mass is 237 g/mol. The van der Waals surface area contributed by atoms with E-state index in [0.29, 0.717) is 25.6 Å². The molecular formula is C12H16FN3O. The molecule has 1 aromatic heterocycles. The van der Waals surface area contributed by atoms with Gasteiger partial charge in [-0.25, -0.2) is 4.39 Å². The summed E-state index contributed by atoms with van der Waals surface area (Å²) < 4.78 is 13.4. The summed E-state index contributed by atoms with van der Waals surface area (Å²) in [6, 6.07) is 1.42. The molecule has 0 saturated carbocycles. The van der Waals surface area contributed by atoms with E-state index in [2.05, 4.69) is 4.98 Å². The highest BCUT2D eigenvalue weighted by Crippen LogP contribution is 2.18. The van der Waals surface area contributed by atoms with Gasteiger partial charge in [0.15, 0.2) is 5.82 Å². The van der Waals surface area contributed by atoms with E-state index in [4.69, 9.17) is 5.73 Å². The third-order valence-corrected chi connectivity index (χ3v) is 3.14. The number of carbonyl (C=O) groups excluding carboxylic acids is 1. The van der Waals surface area contributed by atoms with Crippen molar-refractivity contribution in [2.75, 3.05) is 19.6 Å². The average molecular weight is 237 g/mol. The molecule has 0 bridgehead atoms. The number of amides is 1. The van der Waals surface area contributed by atoms with Gasteiger partial charge in [0.25, 0.3) is 5.91 Å². The predicted molar refractivity (Wildman–Crippen MR) is 61.9 cm³/mol. The Balaban J connectivity index is 2.12. The van der Waals surface area contributed by atoms with Crippen LogP contribution in [-0.2, 0) is 0 Å². The molecule has 1 aromatic rings. The SMILES string of the molecule is NCC1CCCN(C(=O)c2ccncc2F)C1. The largest absolute Gasteiger partial charge is 0.338 e. The molecule has 17 heavy (non-hydrogen) atoms. The van der Waals surface area contributed by atoms with E-state index in [0.717, 1.165) is 19.0 Å². The van der Waals surface area contributed by atoms with Crippen LogP contribution >= 0.6 is 0 Å². The lowest BCUT2D eigenvalue weighted by molar-refractivity contribution is 0.0673. The maximum Gasteiger partial charge on any atom is 0.256 e. The standard InChI is InChI=1S/C12H16FN3O/c13-11-7-15-4-3-10(11)12(17)16-5-1-2-9(6-14)8-16/h3-4,7,9H,1-2,5-6,8,14H2. The number of hydrogen-bond acceptors (Lipinski definition) is 3. The highest BCUT2D eigenvalue weighted by atomic mass is 19.1. The second kappa shape index (κ2) is 5.23. The number of aromatic nitrogens is 1. The van der Waals surface area contributed by atoms with Crippen LogP contribution in [0.5, 0.6) is 0 Å². The number of hydrogen-bond donors (Lipinski definition) is 1. The molecule has 1 amide bonds. The highest BCUT2D eigenvalue weighted by molar-refractivity contribution is 5.94. The van der Waals surface area contributed by atoms with E-state index < -0.39 is 5.82 Å². The van der Waals surface area contributed by atoms with Crippen LogP contribution in [0.1, 0.15) is 23.2 Å². The molecular weight excluding hydrogens is 221 g/mol. The topological polar surface area (TPSA) is 59.2 Å². The van der Waals surface area contributed by atoms with Crippen molar-refractivity contribution in [3.05, 3.63) is 29.8 Å². The number of nitrogens with zero attached hydrogens (tertiary/aromatic N) is 2. The number of pyridine rings is 1. The summed E-state index contributed by atoms with van der Waals surface area (Å²) in [6.45, 7) is 1.87. The van der Waals surface area contributed by atoms with Crippen molar-refractivity contribution in [3.63, 3.8) is 0 Å². The smallest absolute Gasteiger partial charge is 0.256 e. The number of nitrogens with two attached hydrogens (primary N) is 1. The van der Waals surface area contributed by atoms with E-state index in [9.17, 15) is 9.18 Å². The van der Waals surface area contributed by atoms with Crippen LogP contribution in [-0.4, -0.2) is 35.4 Å². The molecule has 1 unspecified atom stereocenters. The van der Waals surface area contributed by atoms with E-state index >= 15 is 0 Å². The molecule has 0 aliphatic carbocycles. The molecule has 2 N–H and O–H groups in total. The zero-order chi connectivity index (χ0) is 12.3. The average Bonchev–Trinajstić information content (AvgIpc) is 2.38. The molecule has 2 heterocycles. The van der Waals surface area contributed by atoms with E-state index in [-0.39, 0.29) is 11.5 Å². The number of piperidine rings is 1. The summed E-state index contributed by atoms with van der Waals surface area (Å²) >= 11 is 0. The Hall–Kier alpha value is -1.49. The maximum absolute atomic E-state index is 13.4. The van der Waals surface area contributed by atoms with Gasteiger partial charge in [0, 0.05) is 19.3 Å². The highest BCUT2D eigenvalue weighted by Gasteiger charge is 2.25. The van der Waals surface area contributed by atoms with Gasteiger partial charge >= 0.3 is 0 Å². The Labute approximate surface area is 99.6 Å². The van der Waals surface area contributed by atoms with Crippen molar-refractivity contribution in [1.82, 2.24) is 9.88 Å². The summed E-state index contributed by atoms with van der Waals surface area (Å²) in [5.41, 5.74) is 5.71. The van der Waals surface area contributed by atoms with Crippen LogP contribution in [0.2, 0.25) is 0 Å². The van der Waals surface area contributed by atoms with Crippen molar-refractivity contribution in [2.24, 2.45) is 11.7 Å². The van der Waals surface area contributed by atoms with Crippen LogP contribution in [0, 0.1) is 11.7 Å². The summed E-state index contributed by atoms with van der Waals surface area (Å²) in [5, 5.41) is 0. The predicted octanol–water partition coefficient (Wildman–Crippen LogP) is 1.03. The molecule has 1 fully saturated rings. The molecule has 1 aliphatic heterocycles. The zero-order valence-electron chi connectivity index (χ0n) is 9.60. The fourth-order valence-corrected chi connectivity index (χ4v) is 2.16. The van der Waals surface area contributed by atoms with Crippen LogP contribution in [0.25, 0.3) is 0 Å². The molecule has 92 valence electrons. The third kappa shape index (κ3) is 2.61. The van der Waals surface area contributed by atoms with Crippen molar-refractivity contribution in [1.29, 1.82) is 0 Å². The third-order valence-electron chi connectivity index (χ3n) is 3.14. The second-order valence-corrected chi connectivity index (χ2v) is 4.35. The maximum atomic E-state index is 13.4. The van der Waals surface area contributed by atoms with Gasteiger partial charge in [-0.3, -0.25) is 9.78 Å². The van der Waals surface area contributed by atoms with Crippen LogP contribution in [0.15, 0.2) is 18.5 Å². The summed E-state index contributed by atoms with van der Waals surface area (Å²) in [7, 11) is 0. The first-order valence-corrected chi connectivity index (χ1v) is 5.81. The minimum atomic E-state index is -0.563. The first-order valence-electron chi connectivity index (χ1n) is 5.81. The normalized spacial score (nSPS) is 20.4. The lowest BCUT2D eigenvalue weighted by atomic mass is 9.98. The number of likely N-dealkylation sites (tertiary alicyclic amines) is 1. The molecule has 1 saturated heterocycles. The quantitative estimate of drug-likeness (QED) is 0.835. The lowest BCUT2D eigenvalue weighted by Crippen LogP contribution is -2.42. The van der Waals surface area contributed by atoms with Gasteiger partial charge in [0.05, 0.1) is 11.8 Å². The van der Waals surface area contributed by atoms with Gasteiger partial charge in [-0.05, 0) is 31.4 Å². The molecule has 0 radical (unpaired) electrons. The molecule has 0 spiro atoms. The summed E-state index contributed by atoms with van der Waals surface area (Å²) in [5.74, 6) is -0.493. The number of carbonyl (C=O) groups is 1. The molecule has 2 rings (SSSR count). The van der Waals surface area contributed by atoms with Crippen LogP contribution in [0.3, 0.4) is 0 Å². The van der Waals surface area contributed by atoms with Crippen molar-refractivity contribution in [2.45, 2.75) is 12.8 Å². The van der Waals surface area contributed by atoms with Gasteiger partial charge in [0.2, 0.25) is 0 Å². The molecule has 0 aromatic carbocycles. The molecule has 1 aliphatic rings. The minimum absolute atomic E-state index is 0.0951. The lowest BCUT2D eigenvalue weighted by Gasteiger charge is -2.32. The molecule has 4 nitrogen and oxygen atoms in total. The molecule has 5 heteroatoms. The van der Waals surface area contributed by atoms with E-state index in [1.165, 1.54) is 12.3 Å². The zero-order valence-corrected chi connectivity index (χ0v) is 9.60. The summed E-state index contributed by atoms with van der Waals surface area (Å²) in [6.07, 6.45) is 4.47. The first kappa shape index (κ1) is 12.0. The fourth-order valence-electron chi connectivity index (χ4n) is 2.16. The number of halogens is 1. The first-order chi connectivity index (χ1) is 8.22. The Bertz CT molecular complexity index is 410. The van der Waals surface area contributed by atoms with Crippen molar-refractivity contribution >= 4 is 5.91 Å².